The first-order chi connectivity index (χ1) is 22.0. The molecule has 46 heavy (non-hydrogen) atoms. The first kappa shape index (κ1) is 36.3. The van der Waals surface area contributed by atoms with Crippen molar-refractivity contribution in [3.8, 4) is 11.5 Å². The number of primary amides is 1. The summed E-state index contributed by atoms with van der Waals surface area (Å²) in [4.78, 5) is 51.7. The molecule has 4 amide bonds. The Hall–Kier alpha value is -4.13. The van der Waals surface area contributed by atoms with Crippen molar-refractivity contribution in [2.24, 2.45) is 5.73 Å². The fourth-order valence-corrected chi connectivity index (χ4v) is 6.39. The van der Waals surface area contributed by atoms with E-state index in [0.717, 1.165) is 62.5 Å². The van der Waals surface area contributed by atoms with Crippen LogP contribution >= 0.6 is 0 Å². The number of rotatable bonds is 20. The third-order valence-corrected chi connectivity index (χ3v) is 8.58. The van der Waals surface area contributed by atoms with Crippen LogP contribution in [-0.2, 0) is 19.4 Å². The molecule has 0 fully saturated rings. The van der Waals surface area contributed by atoms with E-state index in [4.69, 9.17) is 19.9 Å². The van der Waals surface area contributed by atoms with Crippen LogP contribution in [0.4, 0.5) is 10.5 Å². The molecule has 1 heterocycles. The number of fused-ring (bicyclic) bond motifs is 1. The smallest absolute Gasteiger partial charge is 0.404 e. The van der Waals surface area contributed by atoms with Gasteiger partial charge < -0.3 is 25.3 Å². The summed E-state index contributed by atoms with van der Waals surface area (Å²) in [5.74, 6) is -1.30. The number of benzene rings is 2. The lowest BCUT2D eigenvalue weighted by molar-refractivity contribution is -0.116. The second kappa shape index (κ2) is 17.5. The molecule has 3 rings (SSSR count). The van der Waals surface area contributed by atoms with E-state index >= 15 is 0 Å². The number of nitrogens with two attached hydrogens (primary N) is 1. The van der Waals surface area contributed by atoms with Crippen LogP contribution in [0.5, 0.6) is 11.5 Å². The summed E-state index contributed by atoms with van der Waals surface area (Å²) < 4.78 is 40.7. The van der Waals surface area contributed by atoms with E-state index in [-0.39, 0.29) is 29.1 Å². The van der Waals surface area contributed by atoms with Gasteiger partial charge in [-0.3, -0.25) is 19.3 Å². The Balaban J connectivity index is 1.60. The zero-order valence-electron chi connectivity index (χ0n) is 26.8. The number of methoxy groups -OCH3 is 1. The first-order valence-electron chi connectivity index (χ1n) is 15.7. The molecular formula is C33H45N3O9S. The zero-order valence-corrected chi connectivity index (χ0v) is 27.7. The molecule has 0 aromatic heterocycles. The second-order valence-electron chi connectivity index (χ2n) is 11.3. The van der Waals surface area contributed by atoms with Crippen LogP contribution in [0.15, 0.2) is 36.4 Å². The number of hydrogen-bond donors (Lipinski definition) is 2. The lowest BCUT2D eigenvalue weighted by Crippen LogP contribution is -2.37. The van der Waals surface area contributed by atoms with Crippen LogP contribution in [0.3, 0.4) is 0 Å². The van der Waals surface area contributed by atoms with Crippen LogP contribution in [0.2, 0.25) is 0 Å². The van der Waals surface area contributed by atoms with Crippen LogP contribution in [0.1, 0.15) is 103 Å². The normalized spacial score (nSPS) is 13.3. The van der Waals surface area contributed by atoms with Crippen molar-refractivity contribution in [3.63, 3.8) is 0 Å². The Morgan fingerprint density at radius 3 is 2.17 bits per heavy atom. The maximum absolute atomic E-state index is 13.8. The maximum atomic E-state index is 13.8. The quantitative estimate of drug-likeness (QED) is 0.139. The number of carbonyl (C=O) groups excluding carboxylic acids is 4. The molecule has 3 N–H and O–H groups in total. The van der Waals surface area contributed by atoms with Gasteiger partial charge in [0.25, 0.3) is 11.8 Å². The summed E-state index contributed by atoms with van der Waals surface area (Å²) in [6.07, 6.45) is 9.23. The zero-order chi connectivity index (χ0) is 33.7. The molecule has 0 aliphatic carbocycles. The highest BCUT2D eigenvalue weighted by Crippen LogP contribution is 2.38. The van der Waals surface area contributed by atoms with Crippen LogP contribution in [-0.4, -0.2) is 69.5 Å². The number of nitrogens with zero attached hydrogens (tertiary/aromatic N) is 1. The fourth-order valence-electron chi connectivity index (χ4n) is 5.48. The van der Waals surface area contributed by atoms with Crippen LogP contribution in [0, 0.1) is 0 Å². The van der Waals surface area contributed by atoms with Gasteiger partial charge in [-0.2, -0.15) is 0 Å². The standard InChI is InChI=1S/C33H45N3O9S/c1-4-44-28-21-23(18-19-27(28)43-2)26(22-46(3,41)42)36-31(38)24-15-14-16-25(30(24)32(36)39)35-29(37)17-12-10-8-6-5-7-9-11-13-20-45-33(34)40/h14-16,18-19,21,26H,4-13,17,20,22H2,1-3H3,(H2,34,40)(H,35,37). The molecule has 1 aliphatic rings. The van der Waals surface area contributed by atoms with Gasteiger partial charge in [0.1, 0.15) is 9.84 Å². The molecule has 0 saturated heterocycles. The molecule has 0 radical (unpaired) electrons. The van der Waals surface area contributed by atoms with Crippen molar-refractivity contribution in [1.82, 2.24) is 4.90 Å². The Morgan fingerprint density at radius 1 is 0.913 bits per heavy atom. The molecule has 2 aromatic carbocycles. The number of carbonyl (C=O) groups is 4. The highest BCUT2D eigenvalue weighted by molar-refractivity contribution is 7.90. The highest BCUT2D eigenvalue weighted by atomic mass is 32.2. The van der Waals surface area contributed by atoms with E-state index in [1.807, 2.05) is 0 Å². The average Bonchev–Trinajstić information content (AvgIpc) is 3.25. The van der Waals surface area contributed by atoms with E-state index in [0.29, 0.717) is 36.7 Å². The van der Waals surface area contributed by atoms with Gasteiger partial charge in [-0.25, -0.2) is 13.2 Å². The van der Waals surface area contributed by atoms with E-state index in [2.05, 4.69) is 5.32 Å². The summed E-state index contributed by atoms with van der Waals surface area (Å²) in [5, 5.41) is 2.79. The molecule has 252 valence electrons. The molecule has 0 bridgehead atoms. The van der Waals surface area contributed by atoms with E-state index in [1.165, 1.54) is 13.2 Å². The van der Waals surface area contributed by atoms with Gasteiger partial charge in [-0.1, -0.05) is 57.1 Å². The van der Waals surface area contributed by atoms with Crippen molar-refractivity contribution < 1.29 is 41.8 Å². The van der Waals surface area contributed by atoms with Crippen LogP contribution in [0.25, 0.3) is 0 Å². The van der Waals surface area contributed by atoms with Gasteiger partial charge in [-0.05, 0) is 49.6 Å². The van der Waals surface area contributed by atoms with E-state index < -0.39 is 39.5 Å². The SMILES string of the molecule is CCOc1cc(C(CS(C)(=O)=O)N2C(=O)c3cccc(NC(=O)CCCCCCCCCCCOC(N)=O)c3C2=O)ccc1OC. The van der Waals surface area contributed by atoms with Crippen molar-refractivity contribution >= 4 is 39.3 Å². The molecule has 1 aliphatic heterocycles. The molecule has 2 aromatic rings. The maximum Gasteiger partial charge on any atom is 0.404 e. The first-order valence-corrected chi connectivity index (χ1v) is 17.7. The summed E-state index contributed by atoms with van der Waals surface area (Å²) in [6.45, 7) is 2.47. The summed E-state index contributed by atoms with van der Waals surface area (Å²) in [6, 6.07) is 8.30. The summed E-state index contributed by atoms with van der Waals surface area (Å²) >= 11 is 0. The molecular weight excluding hydrogens is 614 g/mol. The number of sulfone groups is 1. The van der Waals surface area contributed by atoms with Gasteiger partial charge in [0, 0.05) is 12.7 Å². The Kier molecular flexibility index (Phi) is 13.9. The van der Waals surface area contributed by atoms with Crippen molar-refractivity contribution in [1.29, 1.82) is 0 Å². The second-order valence-corrected chi connectivity index (χ2v) is 13.5. The molecule has 12 nitrogen and oxygen atoms in total. The molecule has 1 atom stereocenters. The molecule has 0 saturated carbocycles. The number of anilines is 1. The minimum absolute atomic E-state index is 0.0408. The highest BCUT2D eigenvalue weighted by Gasteiger charge is 2.43. The predicted molar refractivity (Wildman–Crippen MR) is 174 cm³/mol. The van der Waals surface area contributed by atoms with Crippen molar-refractivity contribution in [2.75, 3.05) is 37.6 Å². The Labute approximate surface area is 270 Å². The number of unbranched alkanes of at least 4 members (excludes halogenated alkanes) is 8. The topological polar surface area (TPSA) is 171 Å². The fraction of sp³-hybridized carbons (Fsp3) is 0.515. The number of amides is 4. The van der Waals surface area contributed by atoms with Crippen molar-refractivity contribution in [3.05, 3.63) is 53.1 Å². The number of hydrogen-bond acceptors (Lipinski definition) is 9. The minimum atomic E-state index is -3.65. The predicted octanol–water partition coefficient (Wildman–Crippen LogP) is 5.41. The third-order valence-electron chi connectivity index (χ3n) is 7.66. The summed E-state index contributed by atoms with van der Waals surface area (Å²) in [7, 11) is -2.17. The summed E-state index contributed by atoms with van der Waals surface area (Å²) in [5.41, 5.74) is 5.68. The van der Waals surface area contributed by atoms with Gasteiger partial charge in [-0.15, -0.1) is 0 Å². The van der Waals surface area contributed by atoms with Gasteiger partial charge in [0.2, 0.25) is 5.91 Å². The Bertz CT molecular complexity index is 1490. The largest absolute Gasteiger partial charge is 0.493 e. The minimum Gasteiger partial charge on any atom is -0.493 e. The van der Waals surface area contributed by atoms with Crippen molar-refractivity contribution in [2.45, 2.75) is 77.2 Å². The lowest BCUT2D eigenvalue weighted by atomic mass is 10.1. The molecule has 1 unspecified atom stereocenters. The van der Waals surface area contributed by atoms with E-state index in [9.17, 15) is 27.6 Å². The van der Waals surface area contributed by atoms with Gasteiger partial charge >= 0.3 is 6.09 Å². The van der Waals surface area contributed by atoms with Gasteiger partial charge in [0.05, 0.1) is 48.9 Å². The van der Waals surface area contributed by atoms with Gasteiger partial charge in [0.15, 0.2) is 11.5 Å². The van der Waals surface area contributed by atoms with Crippen LogP contribution < -0.4 is 20.5 Å². The lowest BCUT2D eigenvalue weighted by Gasteiger charge is -2.27. The average molecular weight is 660 g/mol. The molecule has 0 spiro atoms. The molecule has 13 heteroatoms. The monoisotopic (exact) mass is 659 g/mol. The Morgan fingerprint density at radius 2 is 1.57 bits per heavy atom. The van der Waals surface area contributed by atoms with E-state index in [1.54, 1.807) is 37.3 Å². The number of nitrogens with one attached hydrogen (secondary N) is 1. The number of imide groups is 1. The number of ether oxygens (including phenoxy) is 3. The third kappa shape index (κ3) is 10.5.